The van der Waals surface area contributed by atoms with Crippen molar-refractivity contribution in [1.82, 2.24) is 0 Å². The number of hydrogen-bond donors (Lipinski definition) is 2. The molecule has 0 bridgehead atoms. The Morgan fingerprint density at radius 3 is 2.64 bits per heavy atom. The maximum Gasteiger partial charge on any atom is 0.0999 e. The quantitative estimate of drug-likeness (QED) is 0.720. The summed E-state index contributed by atoms with van der Waals surface area (Å²) < 4.78 is 0. The Labute approximate surface area is 84.5 Å². The van der Waals surface area contributed by atoms with E-state index >= 15 is 0 Å². The summed E-state index contributed by atoms with van der Waals surface area (Å²) in [5.74, 6) is 0. The van der Waals surface area contributed by atoms with Crippen LogP contribution in [0.4, 0.5) is 0 Å². The van der Waals surface area contributed by atoms with E-state index in [1.807, 2.05) is 25.1 Å². The van der Waals surface area contributed by atoms with Crippen molar-refractivity contribution in [3.63, 3.8) is 0 Å². The fourth-order valence-electron chi connectivity index (χ4n) is 1.40. The van der Waals surface area contributed by atoms with Gasteiger partial charge in [0.25, 0.3) is 0 Å². The van der Waals surface area contributed by atoms with E-state index in [4.69, 9.17) is 5.11 Å². The van der Waals surface area contributed by atoms with Crippen molar-refractivity contribution in [2.75, 3.05) is 0 Å². The van der Waals surface area contributed by atoms with E-state index < -0.39 is 6.10 Å². The standard InChI is InChI=1S/C12H16O2/c1-8(2)12(14)11-5-4-9(3)6-10(11)7-13/h4-6,12-14H,1,7H2,2-3H3. The lowest BCUT2D eigenvalue weighted by molar-refractivity contribution is 0.209. The third-order valence-electron chi connectivity index (χ3n) is 2.23. The van der Waals surface area contributed by atoms with Crippen molar-refractivity contribution < 1.29 is 10.2 Å². The summed E-state index contributed by atoms with van der Waals surface area (Å²) in [5.41, 5.74) is 3.27. The molecule has 0 fully saturated rings. The molecule has 1 aromatic carbocycles. The van der Waals surface area contributed by atoms with Crippen LogP contribution in [0.3, 0.4) is 0 Å². The zero-order valence-corrected chi connectivity index (χ0v) is 8.62. The Bertz CT molecular complexity index is 342. The van der Waals surface area contributed by atoms with Crippen LogP contribution in [0.2, 0.25) is 0 Å². The lowest BCUT2D eigenvalue weighted by Gasteiger charge is -2.14. The molecule has 2 heteroatoms. The van der Waals surface area contributed by atoms with Gasteiger partial charge in [-0.25, -0.2) is 0 Å². The minimum atomic E-state index is -0.683. The van der Waals surface area contributed by atoms with Crippen LogP contribution in [-0.4, -0.2) is 10.2 Å². The fourth-order valence-corrected chi connectivity index (χ4v) is 1.40. The highest BCUT2D eigenvalue weighted by molar-refractivity contribution is 5.35. The summed E-state index contributed by atoms with van der Waals surface area (Å²) in [6.45, 7) is 7.37. The largest absolute Gasteiger partial charge is 0.392 e. The Balaban J connectivity index is 3.13. The zero-order chi connectivity index (χ0) is 10.7. The van der Waals surface area contributed by atoms with Gasteiger partial charge in [-0.1, -0.05) is 30.3 Å². The number of aryl methyl sites for hydroxylation is 1. The van der Waals surface area contributed by atoms with Gasteiger partial charge in [0.15, 0.2) is 0 Å². The second-order valence-corrected chi connectivity index (χ2v) is 3.61. The van der Waals surface area contributed by atoms with Crippen LogP contribution in [0.1, 0.15) is 29.7 Å². The Morgan fingerprint density at radius 2 is 2.14 bits per heavy atom. The Kier molecular flexibility index (Phi) is 3.44. The molecule has 2 N–H and O–H groups in total. The van der Waals surface area contributed by atoms with Gasteiger partial charge in [0.05, 0.1) is 12.7 Å². The van der Waals surface area contributed by atoms with Crippen molar-refractivity contribution in [3.8, 4) is 0 Å². The summed E-state index contributed by atoms with van der Waals surface area (Å²) in [4.78, 5) is 0. The molecule has 0 aliphatic rings. The zero-order valence-electron chi connectivity index (χ0n) is 8.62. The van der Waals surface area contributed by atoms with Gasteiger partial charge in [-0.2, -0.15) is 0 Å². The smallest absolute Gasteiger partial charge is 0.0999 e. The number of aliphatic hydroxyl groups is 2. The molecule has 1 atom stereocenters. The maximum absolute atomic E-state index is 9.79. The van der Waals surface area contributed by atoms with Crippen LogP contribution in [0.5, 0.6) is 0 Å². The van der Waals surface area contributed by atoms with Gasteiger partial charge in [-0.05, 0) is 30.5 Å². The highest BCUT2D eigenvalue weighted by Gasteiger charge is 2.12. The molecule has 0 saturated carbocycles. The first-order valence-electron chi connectivity index (χ1n) is 4.60. The Morgan fingerprint density at radius 1 is 1.50 bits per heavy atom. The molecule has 0 saturated heterocycles. The van der Waals surface area contributed by atoms with Crippen molar-refractivity contribution in [1.29, 1.82) is 0 Å². The highest BCUT2D eigenvalue weighted by Crippen LogP contribution is 2.24. The van der Waals surface area contributed by atoms with E-state index in [2.05, 4.69) is 6.58 Å². The minimum absolute atomic E-state index is 0.0542. The molecule has 1 unspecified atom stereocenters. The molecule has 0 aromatic heterocycles. The lowest BCUT2D eigenvalue weighted by Crippen LogP contribution is -2.03. The number of rotatable bonds is 3. The summed E-state index contributed by atoms with van der Waals surface area (Å²) >= 11 is 0. The average Bonchev–Trinajstić information content (AvgIpc) is 2.16. The van der Waals surface area contributed by atoms with E-state index in [0.717, 1.165) is 16.7 Å². The molecule has 1 aromatic rings. The van der Waals surface area contributed by atoms with Gasteiger partial charge in [0.1, 0.15) is 0 Å². The molecular weight excluding hydrogens is 176 g/mol. The molecule has 0 amide bonds. The van der Waals surface area contributed by atoms with E-state index in [1.54, 1.807) is 6.92 Å². The van der Waals surface area contributed by atoms with Crippen molar-refractivity contribution in [2.45, 2.75) is 26.6 Å². The summed E-state index contributed by atoms with van der Waals surface area (Å²) in [5, 5.41) is 18.9. The summed E-state index contributed by atoms with van der Waals surface area (Å²) in [6, 6.07) is 5.63. The van der Waals surface area contributed by atoms with E-state index in [1.165, 1.54) is 0 Å². The normalized spacial score (nSPS) is 12.6. The monoisotopic (exact) mass is 192 g/mol. The predicted molar refractivity (Wildman–Crippen MR) is 56.9 cm³/mol. The molecule has 0 spiro atoms. The fraction of sp³-hybridized carbons (Fsp3) is 0.333. The van der Waals surface area contributed by atoms with Crippen LogP contribution in [0, 0.1) is 6.92 Å². The third-order valence-corrected chi connectivity index (χ3v) is 2.23. The number of benzene rings is 1. The third kappa shape index (κ3) is 2.22. The lowest BCUT2D eigenvalue weighted by atomic mass is 9.97. The number of aliphatic hydroxyl groups excluding tert-OH is 2. The van der Waals surface area contributed by atoms with Crippen LogP contribution in [-0.2, 0) is 6.61 Å². The maximum atomic E-state index is 9.79. The minimum Gasteiger partial charge on any atom is -0.392 e. The molecule has 0 aliphatic heterocycles. The first-order chi connectivity index (χ1) is 6.56. The second kappa shape index (κ2) is 4.40. The summed E-state index contributed by atoms with van der Waals surface area (Å²) in [7, 11) is 0. The summed E-state index contributed by atoms with van der Waals surface area (Å²) in [6.07, 6.45) is -0.683. The second-order valence-electron chi connectivity index (χ2n) is 3.61. The molecule has 0 radical (unpaired) electrons. The topological polar surface area (TPSA) is 40.5 Å². The van der Waals surface area contributed by atoms with E-state index in [-0.39, 0.29) is 6.61 Å². The Hall–Kier alpha value is -1.12. The van der Waals surface area contributed by atoms with Crippen molar-refractivity contribution >= 4 is 0 Å². The highest BCUT2D eigenvalue weighted by atomic mass is 16.3. The van der Waals surface area contributed by atoms with E-state index in [0.29, 0.717) is 5.57 Å². The van der Waals surface area contributed by atoms with Crippen LogP contribution in [0.15, 0.2) is 30.4 Å². The molecule has 0 aliphatic carbocycles. The van der Waals surface area contributed by atoms with Gasteiger partial charge in [-0.15, -0.1) is 0 Å². The first kappa shape index (κ1) is 11.0. The molecule has 2 nitrogen and oxygen atoms in total. The predicted octanol–water partition coefficient (Wildman–Crippen LogP) is 2.10. The van der Waals surface area contributed by atoms with Crippen molar-refractivity contribution in [2.24, 2.45) is 0 Å². The van der Waals surface area contributed by atoms with Crippen LogP contribution < -0.4 is 0 Å². The SMILES string of the molecule is C=C(C)C(O)c1ccc(C)cc1CO. The van der Waals surface area contributed by atoms with Gasteiger partial charge >= 0.3 is 0 Å². The first-order valence-corrected chi connectivity index (χ1v) is 4.60. The van der Waals surface area contributed by atoms with Gasteiger partial charge in [0.2, 0.25) is 0 Å². The van der Waals surface area contributed by atoms with Gasteiger partial charge in [-0.3, -0.25) is 0 Å². The molecular formula is C12H16O2. The molecule has 76 valence electrons. The van der Waals surface area contributed by atoms with Crippen molar-refractivity contribution in [3.05, 3.63) is 47.0 Å². The molecule has 0 heterocycles. The van der Waals surface area contributed by atoms with E-state index in [9.17, 15) is 5.11 Å². The van der Waals surface area contributed by atoms with Crippen LogP contribution >= 0.6 is 0 Å². The molecule has 1 rings (SSSR count). The van der Waals surface area contributed by atoms with Crippen LogP contribution in [0.25, 0.3) is 0 Å². The molecule has 14 heavy (non-hydrogen) atoms. The average molecular weight is 192 g/mol. The number of hydrogen-bond acceptors (Lipinski definition) is 2. The van der Waals surface area contributed by atoms with Gasteiger partial charge < -0.3 is 10.2 Å². The van der Waals surface area contributed by atoms with Gasteiger partial charge in [0, 0.05) is 0 Å².